The van der Waals surface area contributed by atoms with Crippen LogP contribution in [0.4, 0.5) is 16.8 Å². The van der Waals surface area contributed by atoms with Crippen LogP contribution in [0.1, 0.15) is 92.7 Å². The minimum atomic E-state index is -1.08. The molecule has 1 saturated heterocycles. The lowest BCUT2D eigenvalue weighted by Gasteiger charge is -2.69. The molecule has 1 aliphatic heterocycles. The predicted molar refractivity (Wildman–Crippen MR) is 215 cm³/mol. The average molecular weight is 762 g/mol. The molecule has 5 aromatic rings. The van der Waals surface area contributed by atoms with Crippen LogP contribution >= 0.6 is 11.3 Å². The van der Waals surface area contributed by atoms with Crippen LogP contribution in [-0.2, 0) is 17.8 Å². The van der Waals surface area contributed by atoms with E-state index in [2.05, 4.69) is 61.2 Å². The Bertz CT molecular complexity index is 2210. The number of carboxylic acid groups (broad SMARTS) is 1. The van der Waals surface area contributed by atoms with Gasteiger partial charge in [0.25, 0.3) is 0 Å². The highest BCUT2D eigenvalue weighted by Crippen LogP contribution is 2.72. The second-order valence-electron chi connectivity index (χ2n) is 17.8. The summed E-state index contributed by atoms with van der Waals surface area (Å²) in [5.74, 6) is 0.00999. The third-order valence-corrected chi connectivity index (χ3v) is 13.6. The molecule has 5 aliphatic rings. The molecule has 3 N–H and O–H groups in total. The molecule has 4 saturated carbocycles. The molecule has 1 aromatic carbocycles. The number of hydrogen-bond acceptors (Lipinski definition) is 11. The van der Waals surface area contributed by atoms with Gasteiger partial charge in [-0.05, 0) is 130 Å². The van der Waals surface area contributed by atoms with Gasteiger partial charge in [0.05, 0.1) is 40.9 Å². The van der Waals surface area contributed by atoms with Gasteiger partial charge in [0.1, 0.15) is 5.82 Å². The summed E-state index contributed by atoms with van der Waals surface area (Å²) in [6, 6.07) is 13.6. The lowest BCUT2D eigenvalue weighted by Crippen LogP contribution is -2.64. The van der Waals surface area contributed by atoms with Crippen LogP contribution < -0.4 is 10.6 Å². The van der Waals surface area contributed by atoms with E-state index in [1.165, 1.54) is 45.2 Å². The predicted octanol–water partition coefficient (Wildman–Crippen LogP) is 8.25. The van der Waals surface area contributed by atoms with Crippen molar-refractivity contribution in [3.8, 4) is 11.1 Å². The highest BCUT2D eigenvalue weighted by atomic mass is 32.1. The Labute approximate surface area is 326 Å². The molecule has 10 rings (SSSR count). The van der Waals surface area contributed by atoms with Gasteiger partial charge >= 0.3 is 5.97 Å². The fourth-order valence-electron chi connectivity index (χ4n) is 11.6. The molecule has 0 spiro atoms. The van der Waals surface area contributed by atoms with Gasteiger partial charge in [-0.2, -0.15) is 10.2 Å². The lowest BCUT2D eigenvalue weighted by molar-refractivity contribution is -0.248. The number of nitrogens with one attached hydrogen (secondary N) is 2. The van der Waals surface area contributed by atoms with E-state index in [9.17, 15) is 9.90 Å². The molecule has 0 radical (unpaired) electrons. The van der Waals surface area contributed by atoms with Crippen LogP contribution in [0, 0.1) is 30.1 Å². The highest BCUT2D eigenvalue weighted by molar-refractivity contribution is 7.22. The molecule has 5 fully saturated rings. The zero-order chi connectivity index (χ0) is 38.0. The smallest absolute Gasteiger partial charge is 0.355 e. The molecule has 55 heavy (non-hydrogen) atoms. The molecule has 12 nitrogen and oxygen atoms in total. The number of anilines is 3. The molecule has 4 bridgehead atoms. The topological polar surface area (TPSA) is 143 Å². The number of rotatable bonds is 13. The first-order valence-corrected chi connectivity index (χ1v) is 20.5. The monoisotopic (exact) mass is 761 g/mol. The number of benzene rings is 1. The van der Waals surface area contributed by atoms with E-state index in [0.717, 1.165) is 71.1 Å². The number of aromatic nitrogens is 6. The molecule has 288 valence electrons. The van der Waals surface area contributed by atoms with E-state index in [1.807, 2.05) is 55.6 Å². The molecular weight excluding hydrogens is 711 g/mol. The fraction of sp³-hybridized carbons (Fsp3) is 0.524. The lowest BCUT2D eigenvalue weighted by atomic mass is 9.39. The van der Waals surface area contributed by atoms with Crippen LogP contribution in [0.3, 0.4) is 0 Å². The second-order valence-corrected chi connectivity index (χ2v) is 18.8. The van der Waals surface area contributed by atoms with E-state index in [4.69, 9.17) is 9.84 Å². The van der Waals surface area contributed by atoms with Crippen LogP contribution in [-0.4, -0.2) is 77.8 Å². The summed E-state index contributed by atoms with van der Waals surface area (Å²) in [6.45, 7) is 14.4. The van der Waals surface area contributed by atoms with Gasteiger partial charge in [0, 0.05) is 29.9 Å². The van der Waals surface area contributed by atoms with Crippen molar-refractivity contribution < 1.29 is 14.6 Å². The van der Waals surface area contributed by atoms with Gasteiger partial charge in [-0.25, -0.2) is 14.8 Å². The van der Waals surface area contributed by atoms with Crippen LogP contribution in [0.15, 0.2) is 48.7 Å². The number of pyridine rings is 1. The first-order chi connectivity index (χ1) is 26.4. The van der Waals surface area contributed by atoms with E-state index in [-0.39, 0.29) is 27.5 Å². The largest absolute Gasteiger partial charge is 0.476 e. The van der Waals surface area contributed by atoms with Gasteiger partial charge in [0.15, 0.2) is 16.6 Å². The summed E-state index contributed by atoms with van der Waals surface area (Å²) in [7, 11) is 0. The van der Waals surface area contributed by atoms with Crippen molar-refractivity contribution in [1.29, 1.82) is 0 Å². The number of hydrogen-bond donors (Lipinski definition) is 3. The Morgan fingerprint density at radius 3 is 2.47 bits per heavy atom. The minimum absolute atomic E-state index is 0.00882. The minimum Gasteiger partial charge on any atom is -0.476 e. The summed E-state index contributed by atoms with van der Waals surface area (Å²) < 4.78 is 10.2. The fourth-order valence-corrected chi connectivity index (χ4v) is 12.5. The van der Waals surface area contributed by atoms with E-state index < -0.39 is 5.97 Å². The molecule has 2 unspecified atom stereocenters. The molecule has 2 atom stereocenters. The van der Waals surface area contributed by atoms with E-state index in [0.29, 0.717) is 29.4 Å². The zero-order valence-electron chi connectivity index (χ0n) is 32.3. The summed E-state index contributed by atoms with van der Waals surface area (Å²) >= 11 is 1.57. The van der Waals surface area contributed by atoms with Gasteiger partial charge < -0.3 is 25.4 Å². The summed E-state index contributed by atoms with van der Waals surface area (Å²) in [5.41, 5.74) is 5.40. The third-order valence-electron chi connectivity index (χ3n) is 12.6. The number of likely N-dealkylation sites (tertiary alicyclic amines) is 1. The number of aryl methyl sites for hydroxylation is 1. The van der Waals surface area contributed by atoms with Crippen molar-refractivity contribution in [1.82, 2.24) is 34.8 Å². The summed E-state index contributed by atoms with van der Waals surface area (Å²) in [5, 5.41) is 31.4. The SMILES string of the molecule is Cc1cc(CNc2ccc(-c3cnn(CC45CC6(C)CC(C)(C4)CC(OCCN4CCCC4)(C6)C5)c3C)c(C(=O)O)n2)nnc1Nc1nc2ccccc2s1. The Balaban J connectivity index is 0.892. The molecule has 0 amide bonds. The van der Waals surface area contributed by atoms with Crippen molar-refractivity contribution in [3.05, 3.63) is 71.3 Å². The molecule has 13 heteroatoms. The number of nitrogens with zero attached hydrogens (tertiary/aromatic N) is 7. The zero-order valence-corrected chi connectivity index (χ0v) is 33.1. The maximum Gasteiger partial charge on any atom is 0.355 e. The third kappa shape index (κ3) is 7.10. The highest BCUT2D eigenvalue weighted by Gasteiger charge is 2.66. The average Bonchev–Trinajstić information content (AvgIpc) is 3.87. The Morgan fingerprint density at radius 1 is 0.945 bits per heavy atom. The number of thiazole rings is 1. The molecule has 5 heterocycles. The Hall–Kier alpha value is -4.46. The van der Waals surface area contributed by atoms with Crippen molar-refractivity contribution in [2.45, 2.75) is 97.8 Å². The summed E-state index contributed by atoms with van der Waals surface area (Å²) in [4.78, 5) is 24.4. The number of carboxylic acids is 1. The quantitative estimate of drug-likeness (QED) is 0.107. The number of carbonyl (C=O) groups is 1. The number of fused-ring (bicyclic) bond motifs is 1. The summed E-state index contributed by atoms with van der Waals surface area (Å²) in [6.07, 6.45) is 11.4. The first-order valence-electron chi connectivity index (χ1n) is 19.7. The van der Waals surface area contributed by atoms with Gasteiger partial charge in [-0.15, -0.1) is 5.10 Å². The normalized spacial score (nSPS) is 27.3. The Morgan fingerprint density at radius 2 is 1.73 bits per heavy atom. The molecular formula is C42H51N9O3S. The first kappa shape index (κ1) is 36.2. The number of aromatic carboxylic acids is 1. The van der Waals surface area contributed by atoms with E-state index in [1.54, 1.807) is 11.3 Å². The van der Waals surface area contributed by atoms with Crippen molar-refractivity contribution >= 4 is 44.3 Å². The van der Waals surface area contributed by atoms with Gasteiger partial charge in [-0.3, -0.25) is 4.68 Å². The van der Waals surface area contributed by atoms with Gasteiger partial charge in [0.2, 0.25) is 0 Å². The van der Waals surface area contributed by atoms with E-state index >= 15 is 0 Å². The molecule has 4 aromatic heterocycles. The maximum atomic E-state index is 12.6. The maximum absolute atomic E-state index is 12.6. The number of para-hydroxylation sites is 1. The standard InChI is InChI=1S/C42H51N9O3S/c1-27-17-29(48-49-36(27)47-38-45-32-9-5-6-10-33(32)55-38)18-43-34-12-11-30(35(46-34)37(52)53)31-19-44-51(28(31)2)26-41-21-39(3)20-40(4,22-41)24-42(23-39,25-41)54-16-15-50-13-7-8-14-50/h5-6,9-12,17,19H,7-8,13-16,18,20-26H2,1-4H3,(H,43,46)(H,52,53)(H,45,47,49). The van der Waals surface area contributed by atoms with Crippen molar-refractivity contribution in [2.75, 3.05) is 36.9 Å². The van der Waals surface area contributed by atoms with Crippen LogP contribution in [0.5, 0.6) is 0 Å². The van der Waals surface area contributed by atoms with Crippen LogP contribution in [0.25, 0.3) is 21.3 Å². The van der Waals surface area contributed by atoms with Crippen LogP contribution in [0.2, 0.25) is 0 Å². The second kappa shape index (κ2) is 13.6. The van der Waals surface area contributed by atoms with Crippen molar-refractivity contribution in [2.24, 2.45) is 16.2 Å². The molecule has 4 aliphatic carbocycles. The van der Waals surface area contributed by atoms with Crippen molar-refractivity contribution in [3.63, 3.8) is 0 Å². The Kier molecular flexibility index (Phi) is 8.97. The van der Waals surface area contributed by atoms with Gasteiger partial charge in [-0.1, -0.05) is 37.3 Å². The number of ether oxygens (including phenoxy) is 1.